The van der Waals surface area contributed by atoms with E-state index in [1.807, 2.05) is 0 Å². The third kappa shape index (κ3) is 2.46. The second-order valence-electron chi connectivity index (χ2n) is 3.78. The van der Waals surface area contributed by atoms with Gasteiger partial charge in [-0.25, -0.2) is 9.78 Å². The summed E-state index contributed by atoms with van der Waals surface area (Å²) in [6, 6.07) is 1.78. The molecule has 19 heavy (non-hydrogen) atoms. The number of rotatable bonds is 3. The maximum atomic E-state index is 11.7. The molecule has 0 bridgehead atoms. The van der Waals surface area contributed by atoms with Crippen molar-refractivity contribution in [1.82, 2.24) is 14.5 Å². The second-order valence-corrected chi connectivity index (χ2v) is 4.63. The second kappa shape index (κ2) is 5.40. The first-order valence-corrected chi connectivity index (χ1v) is 6.47. The standard InChI is InChI=1S/C12H13BrN4O2/c1-3-19-12(18)10-11(14)17(7(2)16-10)9-4-5-15-6-8(9)13/h4-6H,3,14H2,1-2H3. The number of hydrogen-bond acceptors (Lipinski definition) is 5. The predicted octanol–water partition coefficient (Wildman–Crippen LogP) is 2.10. The van der Waals surface area contributed by atoms with Gasteiger partial charge < -0.3 is 10.5 Å². The number of hydrogen-bond donors (Lipinski definition) is 1. The van der Waals surface area contributed by atoms with Crippen LogP contribution >= 0.6 is 15.9 Å². The minimum atomic E-state index is -0.521. The highest BCUT2D eigenvalue weighted by atomic mass is 79.9. The molecule has 2 heterocycles. The fourth-order valence-electron chi connectivity index (χ4n) is 1.75. The number of halogens is 1. The number of nitrogens with zero attached hydrogens (tertiary/aromatic N) is 3. The first-order chi connectivity index (χ1) is 9.06. The lowest BCUT2D eigenvalue weighted by atomic mass is 10.3. The van der Waals surface area contributed by atoms with Crippen molar-refractivity contribution in [2.45, 2.75) is 13.8 Å². The van der Waals surface area contributed by atoms with Gasteiger partial charge in [0.25, 0.3) is 0 Å². The molecule has 0 aromatic carbocycles. The minimum Gasteiger partial charge on any atom is -0.461 e. The number of ether oxygens (including phenoxy) is 1. The molecule has 0 saturated heterocycles. The molecule has 2 N–H and O–H groups in total. The van der Waals surface area contributed by atoms with E-state index >= 15 is 0 Å². The Hall–Kier alpha value is -1.89. The summed E-state index contributed by atoms with van der Waals surface area (Å²) in [5.41, 5.74) is 6.89. The van der Waals surface area contributed by atoms with Crippen LogP contribution in [0.3, 0.4) is 0 Å². The number of imidazole rings is 1. The molecular formula is C12H13BrN4O2. The molecule has 0 amide bonds. The average Bonchev–Trinajstić information content (AvgIpc) is 2.66. The van der Waals surface area contributed by atoms with E-state index in [1.54, 1.807) is 36.9 Å². The summed E-state index contributed by atoms with van der Waals surface area (Å²) in [4.78, 5) is 19.9. The van der Waals surface area contributed by atoms with Gasteiger partial charge >= 0.3 is 5.97 Å². The van der Waals surface area contributed by atoms with E-state index in [2.05, 4.69) is 25.9 Å². The number of nitrogen functional groups attached to an aromatic ring is 1. The van der Waals surface area contributed by atoms with Crippen LogP contribution in [0.25, 0.3) is 5.69 Å². The van der Waals surface area contributed by atoms with Crippen LogP contribution in [0, 0.1) is 6.92 Å². The van der Waals surface area contributed by atoms with Crippen molar-refractivity contribution in [3.05, 3.63) is 34.5 Å². The van der Waals surface area contributed by atoms with Gasteiger partial charge in [0.15, 0.2) is 5.69 Å². The Morgan fingerprint density at radius 2 is 2.32 bits per heavy atom. The van der Waals surface area contributed by atoms with Gasteiger partial charge in [0.2, 0.25) is 0 Å². The third-order valence-electron chi connectivity index (χ3n) is 2.54. The van der Waals surface area contributed by atoms with Crippen molar-refractivity contribution in [3.63, 3.8) is 0 Å². The van der Waals surface area contributed by atoms with Gasteiger partial charge in [-0.3, -0.25) is 9.55 Å². The van der Waals surface area contributed by atoms with Crippen LogP contribution in [0.1, 0.15) is 23.2 Å². The Morgan fingerprint density at radius 1 is 1.58 bits per heavy atom. The van der Waals surface area contributed by atoms with Crippen LogP contribution in [0.4, 0.5) is 5.82 Å². The molecule has 0 aliphatic heterocycles. The van der Waals surface area contributed by atoms with Gasteiger partial charge in [-0.15, -0.1) is 0 Å². The molecule has 0 spiro atoms. The molecule has 0 radical (unpaired) electrons. The predicted molar refractivity (Wildman–Crippen MR) is 74.2 cm³/mol. The number of nitrogens with two attached hydrogens (primary N) is 1. The molecule has 6 nitrogen and oxygen atoms in total. The van der Waals surface area contributed by atoms with Gasteiger partial charge in [-0.2, -0.15) is 0 Å². The Morgan fingerprint density at radius 3 is 2.95 bits per heavy atom. The van der Waals surface area contributed by atoms with Crippen LogP contribution in [0.15, 0.2) is 22.9 Å². The summed E-state index contributed by atoms with van der Waals surface area (Å²) in [5.74, 6) is 0.335. The van der Waals surface area contributed by atoms with Crippen molar-refractivity contribution in [3.8, 4) is 5.69 Å². The number of esters is 1. The Kier molecular flexibility index (Phi) is 3.84. The smallest absolute Gasteiger partial charge is 0.360 e. The number of aromatic nitrogens is 3. The first kappa shape index (κ1) is 13.5. The van der Waals surface area contributed by atoms with E-state index in [0.717, 1.165) is 10.2 Å². The summed E-state index contributed by atoms with van der Waals surface area (Å²) >= 11 is 3.40. The third-order valence-corrected chi connectivity index (χ3v) is 3.15. The first-order valence-electron chi connectivity index (χ1n) is 5.68. The fraction of sp³-hybridized carbons (Fsp3) is 0.250. The van der Waals surface area contributed by atoms with Crippen LogP contribution in [0.2, 0.25) is 0 Å². The van der Waals surface area contributed by atoms with Crippen molar-refractivity contribution in [2.75, 3.05) is 12.3 Å². The molecule has 100 valence electrons. The largest absolute Gasteiger partial charge is 0.461 e. The van der Waals surface area contributed by atoms with E-state index in [4.69, 9.17) is 10.5 Å². The molecule has 7 heteroatoms. The molecule has 2 aromatic heterocycles. The molecule has 0 unspecified atom stereocenters. The summed E-state index contributed by atoms with van der Waals surface area (Å²) in [6.45, 7) is 3.78. The highest BCUT2D eigenvalue weighted by Crippen LogP contribution is 2.26. The number of aryl methyl sites for hydroxylation is 1. The van der Waals surface area contributed by atoms with Crippen molar-refractivity contribution in [2.24, 2.45) is 0 Å². The van der Waals surface area contributed by atoms with E-state index in [0.29, 0.717) is 5.82 Å². The van der Waals surface area contributed by atoms with Crippen LogP contribution < -0.4 is 5.73 Å². The zero-order chi connectivity index (χ0) is 14.0. The lowest BCUT2D eigenvalue weighted by Crippen LogP contribution is -2.09. The fourth-order valence-corrected chi connectivity index (χ4v) is 2.18. The van der Waals surface area contributed by atoms with E-state index in [-0.39, 0.29) is 18.1 Å². The van der Waals surface area contributed by atoms with Crippen molar-refractivity contribution in [1.29, 1.82) is 0 Å². The zero-order valence-electron chi connectivity index (χ0n) is 10.6. The van der Waals surface area contributed by atoms with Gasteiger partial charge in [-0.1, -0.05) is 0 Å². The lowest BCUT2D eigenvalue weighted by molar-refractivity contribution is 0.0521. The van der Waals surface area contributed by atoms with Gasteiger partial charge in [0.05, 0.1) is 16.8 Å². The molecule has 0 saturated carbocycles. The maximum Gasteiger partial charge on any atom is 0.360 e. The van der Waals surface area contributed by atoms with Gasteiger partial charge in [0.1, 0.15) is 11.6 Å². The van der Waals surface area contributed by atoms with Crippen LogP contribution in [0.5, 0.6) is 0 Å². The molecule has 0 aliphatic rings. The maximum absolute atomic E-state index is 11.7. The van der Waals surface area contributed by atoms with Gasteiger partial charge in [-0.05, 0) is 35.8 Å². The molecule has 0 aliphatic carbocycles. The zero-order valence-corrected chi connectivity index (χ0v) is 12.1. The quantitative estimate of drug-likeness (QED) is 0.874. The lowest BCUT2D eigenvalue weighted by Gasteiger charge is -2.09. The van der Waals surface area contributed by atoms with Gasteiger partial charge in [0, 0.05) is 12.4 Å². The molecular weight excluding hydrogens is 312 g/mol. The van der Waals surface area contributed by atoms with E-state index < -0.39 is 5.97 Å². The molecule has 2 rings (SSSR count). The van der Waals surface area contributed by atoms with Crippen molar-refractivity contribution >= 4 is 27.7 Å². The normalized spacial score (nSPS) is 10.5. The Bertz CT molecular complexity index is 624. The number of pyridine rings is 1. The van der Waals surface area contributed by atoms with Crippen LogP contribution in [-0.4, -0.2) is 27.1 Å². The van der Waals surface area contributed by atoms with Crippen LogP contribution in [-0.2, 0) is 4.74 Å². The minimum absolute atomic E-state index is 0.128. The number of anilines is 1. The van der Waals surface area contributed by atoms with E-state index in [9.17, 15) is 4.79 Å². The molecule has 0 atom stereocenters. The summed E-state index contributed by atoms with van der Waals surface area (Å²) in [5, 5.41) is 0. The highest BCUT2D eigenvalue weighted by molar-refractivity contribution is 9.10. The van der Waals surface area contributed by atoms with E-state index in [1.165, 1.54) is 0 Å². The average molecular weight is 325 g/mol. The number of carbonyl (C=O) groups excluding carboxylic acids is 1. The summed E-state index contributed by atoms with van der Waals surface area (Å²) < 4.78 is 7.36. The molecule has 2 aromatic rings. The monoisotopic (exact) mass is 324 g/mol. The SMILES string of the molecule is CCOC(=O)c1nc(C)n(-c2ccncc2Br)c1N. The topological polar surface area (TPSA) is 83.0 Å². The summed E-state index contributed by atoms with van der Waals surface area (Å²) in [7, 11) is 0. The summed E-state index contributed by atoms with van der Waals surface area (Å²) in [6.07, 6.45) is 3.29. The number of carbonyl (C=O) groups is 1. The Balaban J connectivity index is 2.54. The highest BCUT2D eigenvalue weighted by Gasteiger charge is 2.21. The molecule has 0 fully saturated rings. The Labute approximate surface area is 118 Å². The van der Waals surface area contributed by atoms with Crippen molar-refractivity contribution < 1.29 is 9.53 Å².